The van der Waals surface area contributed by atoms with Crippen molar-refractivity contribution in [3.05, 3.63) is 42.1 Å². The maximum Gasteiger partial charge on any atom is 0.252 e. The van der Waals surface area contributed by atoms with Crippen LogP contribution in [0.2, 0.25) is 0 Å². The molecule has 1 unspecified atom stereocenters. The van der Waals surface area contributed by atoms with Gasteiger partial charge in [-0.25, -0.2) is 0 Å². The van der Waals surface area contributed by atoms with Crippen molar-refractivity contribution in [3.63, 3.8) is 0 Å². The molecule has 2 aromatic rings. The molecule has 3 nitrogen and oxygen atoms in total. The lowest BCUT2D eigenvalue weighted by Gasteiger charge is -2.19. The molecule has 1 amide bonds. The van der Waals surface area contributed by atoms with Crippen LogP contribution in [0.3, 0.4) is 0 Å². The smallest absolute Gasteiger partial charge is 0.252 e. The van der Waals surface area contributed by atoms with Gasteiger partial charge in [-0.05, 0) is 18.1 Å². The van der Waals surface area contributed by atoms with Crippen LogP contribution in [0, 0.1) is 5.92 Å². The van der Waals surface area contributed by atoms with Crippen LogP contribution in [0.25, 0.3) is 10.9 Å². The number of alkyl halides is 1. The minimum atomic E-state index is -0.0924. The SMILES string of the molecule is CCC(CC)C(Cl)CNC(=O)c1ccnc2ccccc12. The topological polar surface area (TPSA) is 42.0 Å². The summed E-state index contributed by atoms with van der Waals surface area (Å²) in [4.78, 5) is 16.6. The third-order valence-electron chi connectivity index (χ3n) is 3.91. The van der Waals surface area contributed by atoms with Crippen LogP contribution in [0.4, 0.5) is 0 Å². The summed E-state index contributed by atoms with van der Waals surface area (Å²) in [5.74, 6) is 0.339. The van der Waals surface area contributed by atoms with Crippen LogP contribution in [-0.4, -0.2) is 22.8 Å². The summed E-state index contributed by atoms with van der Waals surface area (Å²) >= 11 is 6.37. The van der Waals surface area contributed by atoms with E-state index < -0.39 is 0 Å². The number of hydrogen-bond donors (Lipinski definition) is 1. The van der Waals surface area contributed by atoms with Gasteiger partial charge in [-0.1, -0.05) is 44.9 Å². The Morgan fingerprint density at radius 1 is 1.24 bits per heavy atom. The van der Waals surface area contributed by atoms with Gasteiger partial charge in [0.2, 0.25) is 0 Å². The van der Waals surface area contributed by atoms with Crippen molar-refractivity contribution in [3.8, 4) is 0 Å². The Morgan fingerprint density at radius 3 is 2.67 bits per heavy atom. The van der Waals surface area contributed by atoms with Gasteiger partial charge < -0.3 is 5.32 Å². The van der Waals surface area contributed by atoms with E-state index in [1.54, 1.807) is 12.3 Å². The Bertz CT molecular complexity index is 605. The third kappa shape index (κ3) is 3.73. The van der Waals surface area contributed by atoms with Crippen molar-refractivity contribution in [1.29, 1.82) is 0 Å². The molecule has 2 rings (SSSR count). The van der Waals surface area contributed by atoms with Gasteiger partial charge in [0.15, 0.2) is 0 Å². The van der Waals surface area contributed by atoms with E-state index in [0.29, 0.717) is 18.0 Å². The van der Waals surface area contributed by atoms with Gasteiger partial charge in [0, 0.05) is 18.1 Å². The number of nitrogens with zero attached hydrogens (tertiary/aromatic N) is 1. The van der Waals surface area contributed by atoms with Crippen molar-refractivity contribution in [1.82, 2.24) is 10.3 Å². The Kier molecular flexibility index (Phi) is 5.57. The van der Waals surface area contributed by atoms with E-state index in [1.807, 2.05) is 24.3 Å². The molecule has 0 fully saturated rings. The molecule has 0 aliphatic rings. The summed E-state index contributed by atoms with van der Waals surface area (Å²) in [7, 11) is 0. The van der Waals surface area contributed by atoms with E-state index in [-0.39, 0.29) is 11.3 Å². The van der Waals surface area contributed by atoms with Gasteiger partial charge in [0.05, 0.1) is 16.5 Å². The van der Waals surface area contributed by atoms with E-state index in [2.05, 4.69) is 24.1 Å². The summed E-state index contributed by atoms with van der Waals surface area (Å²) < 4.78 is 0. The van der Waals surface area contributed by atoms with Gasteiger partial charge in [-0.15, -0.1) is 11.6 Å². The fourth-order valence-electron chi connectivity index (χ4n) is 2.55. The first-order valence-electron chi connectivity index (χ1n) is 7.43. The molecule has 0 saturated carbocycles. The Balaban J connectivity index is 2.09. The number of pyridine rings is 1. The van der Waals surface area contributed by atoms with Gasteiger partial charge in [0.1, 0.15) is 0 Å². The second kappa shape index (κ2) is 7.41. The first-order valence-corrected chi connectivity index (χ1v) is 7.87. The molecule has 1 N–H and O–H groups in total. The first-order chi connectivity index (χ1) is 10.2. The lowest BCUT2D eigenvalue weighted by molar-refractivity contribution is 0.0953. The highest BCUT2D eigenvalue weighted by atomic mass is 35.5. The second-order valence-electron chi connectivity index (χ2n) is 5.18. The predicted octanol–water partition coefficient (Wildman–Crippen LogP) is 4.01. The van der Waals surface area contributed by atoms with E-state index in [0.717, 1.165) is 23.7 Å². The minimum Gasteiger partial charge on any atom is -0.351 e. The standard InChI is InChI=1S/C17H21ClN2O/c1-3-12(4-2)15(18)11-20-17(21)14-9-10-19-16-8-6-5-7-13(14)16/h5-10,12,15H,3-4,11H2,1-2H3,(H,20,21). The van der Waals surface area contributed by atoms with Crippen LogP contribution >= 0.6 is 11.6 Å². The number of rotatable bonds is 6. The summed E-state index contributed by atoms with van der Waals surface area (Å²) in [5, 5.41) is 3.78. The molecule has 1 heterocycles. The van der Waals surface area contributed by atoms with Gasteiger partial charge in [0.25, 0.3) is 5.91 Å². The molecule has 1 atom stereocenters. The largest absolute Gasteiger partial charge is 0.351 e. The third-order valence-corrected chi connectivity index (χ3v) is 4.42. The molecule has 0 bridgehead atoms. The second-order valence-corrected chi connectivity index (χ2v) is 5.74. The fourth-order valence-corrected chi connectivity index (χ4v) is 2.98. The molecule has 0 saturated heterocycles. The number of amides is 1. The quantitative estimate of drug-likeness (QED) is 0.819. The van der Waals surface area contributed by atoms with Gasteiger partial charge in [-0.3, -0.25) is 9.78 Å². The molecule has 4 heteroatoms. The van der Waals surface area contributed by atoms with Crippen LogP contribution in [0.15, 0.2) is 36.5 Å². The number of halogens is 1. The number of hydrogen-bond acceptors (Lipinski definition) is 2. The molecular weight excluding hydrogens is 284 g/mol. The van der Waals surface area contributed by atoms with Crippen molar-refractivity contribution in [2.24, 2.45) is 5.92 Å². The maximum absolute atomic E-state index is 12.4. The highest BCUT2D eigenvalue weighted by molar-refractivity contribution is 6.21. The lowest BCUT2D eigenvalue weighted by atomic mass is 9.99. The van der Waals surface area contributed by atoms with Crippen LogP contribution in [0.5, 0.6) is 0 Å². The van der Waals surface area contributed by atoms with E-state index >= 15 is 0 Å². The molecule has 21 heavy (non-hydrogen) atoms. The lowest BCUT2D eigenvalue weighted by Crippen LogP contribution is -2.33. The van der Waals surface area contributed by atoms with Crippen molar-refractivity contribution in [2.45, 2.75) is 32.1 Å². The highest BCUT2D eigenvalue weighted by Gasteiger charge is 2.17. The number of para-hydroxylation sites is 1. The number of carbonyl (C=O) groups is 1. The predicted molar refractivity (Wildman–Crippen MR) is 87.8 cm³/mol. The van der Waals surface area contributed by atoms with Crippen LogP contribution < -0.4 is 5.32 Å². The molecule has 0 aliphatic carbocycles. The number of benzene rings is 1. The molecule has 1 aromatic carbocycles. The van der Waals surface area contributed by atoms with Crippen molar-refractivity contribution in [2.75, 3.05) is 6.54 Å². The number of nitrogens with one attached hydrogen (secondary N) is 1. The normalized spacial score (nSPS) is 12.6. The number of fused-ring (bicyclic) bond motifs is 1. The first kappa shape index (κ1) is 15.8. The maximum atomic E-state index is 12.4. The molecule has 0 spiro atoms. The van der Waals surface area contributed by atoms with Crippen LogP contribution in [-0.2, 0) is 0 Å². The summed E-state index contributed by atoms with van der Waals surface area (Å²) in [6.45, 7) is 4.74. The van der Waals surface area contributed by atoms with Gasteiger partial charge >= 0.3 is 0 Å². The summed E-state index contributed by atoms with van der Waals surface area (Å²) in [6.07, 6.45) is 3.72. The van der Waals surface area contributed by atoms with Gasteiger partial charge in [-0.2, -0.15) is 0 Å². The fraction of sp³-hybridized carbons (Fsp3) is 0.412. The average molecular weight is 305 g/mol. The highest BCUT2D eigenvalue weighted by Crippen LogP contribution is 2.19. The zero-order valence-electron chi connectivity index (χ0n) is 12.5. The zero-order valence-corrected chi connectivity index (χ0v) is 13.2. The average Bonchev–Trinajstić information content (AvgIpc) is 2.53. The minimum absolute atomic E-state index is 0.0305. The molecule has 112 valence electrons. The van der Waals surface area contributed by atoms with Crippen molar-refractivity contribution < 1.29 is 4.79 Å². The zero-order chi connectivity index (χ0) is 15.2. The van der Waals surface area contributed by atoms with E-state index in [9.17, 15) is 4.79 Å². The monoisotopic (exact) mass is 304 g/mol. The van der Waals surface area contributed by atoms with E-state index in [1.165, 1.54) is 0 Å². The summed E-state index contributed by atoms with van der Waals surface area (Å²) in [6, 6.07) is 9.39. The Labute approximate surface area is 130 Å². The summed E-state index contributed by atoms with van der Waals surface area (Å²) in [5.41, 5.74) is 1.47. The van der Waals surface area contributed by atoms with Crippen LogP contribution in [0.1, 0.15) is 37.0 Å². The number of carbonyl (C=O) groups excluding carboxylic acids is 1. The molecule has 0 aliphatic heterocycles. The van der Waals surface area contributed by atoms with Crippen molar-refractivity contribution >= 4 is 28.4 Å². The molecule has 0 radical (unpaired) electrons. The number of aromatic nitrogens is 1. The molecule has 1 aromatic heterocycles. The van der Waals surface area contributed by atoms with E-state index in [4.69, 9.17) is 11.6 Å². The Hall–Kier alpha value is -1.61. The Morgan fingerprint density at radius 2 is 1.95 bits per heavy atom. The molecular formula is C17H21ClN2O.